The molecule has 42 heavy (non-hydrogen) atoms. The number of nitrogens with zero attached hydrogens (tertiary/aromatic N) is 1. The van der Waals surface area contributed by atoms with E-state index in [0.717, 1.165) is 10.9 Å². The number of amides is 1. The molecule has 0 bridgehead atoms. The van der Waals surface area contributed by atoms with E-state index < -0.39 is 16.4 Å². The summed E-state index contributed by atoms with van der Waals surface area (Å²) in [7, 11) is -3.04. The third-order valence-corrected chi connectivity index (χ3v) is 8.64. The summed E-state index contributed by atoms with van der Waals surface area (Å²) < 4.78 is 44.0. The van der Waals surface area contributed by atoms with E-state index in [0.29, 0.717) is 46.8 Å². The number of fused-ring (bicyclic) bond motifs is 3. The summed E-state index contributed by atoms with van der Waals surface area (Å²) in [5.41, 5.74) is 8.04. The number of hydrogen-bond donors (Lipinski definition) is 4. The van der Waals surface area contributed by atoms with Gasteiger partial charge >= 0.3 is 16.4 Å². The zero-order valence-electron chi connectivity index (χ0n) is 23.4. The molecule has 226 valence electrons. The summed E-state index contributed by atoms with van der Waals surface area (Å²) in [5, 5.41) is 1.27. The zero-order chi connectivity index (χ0) is 30.4. The second-order valence-electron chi connectivity index (χ2n) is 8.94. The van der Waals surface area contributed by atoms with E-state index in [-0.39, 0.29) is 37.1 Å². The van der Waals surface area contributed by atoms with E-state index in [9.17, 15) is 19.1 Å². The van der Waals surface area contributed by atoms with Crippen LogP contribution < -0.4 is 15.2 Å². The van der Waals surface area contributed by atoms with E-state index in [1.165, 1.54) is 27.4 Å². The Labute approximate surface area is 244 Å². The van der Waals surface area contributed by atoms with Crippen molar-refractivity contribution in [2.45, 2.75) is 6.42 Å². The van der Waals surface area contributed by atoms with Crippen molar-refractivity contribution in [1.29, 1.82) is 0 Å². The molecule has 4 rings (SSSR count). The van der Waals surface area contributed by atoms with Gasteiger partial charge in [-0.05, 0) is 23.4 Å². The maximum absolute atomic E-state index is 13.9. The number of aromatic amines is 1. The number of phosphoric acid groups is 1. The summed E-state index contributed by atoms with van der Waals surface area (Å²) in [5.74, 6) is 0.405. The number of carbonyl (C=O) groups is 1. The van der Waals surface area contributed by atoms with Gasteiger partial charge in [0, 0.05) is 37.2 Å². The maximum atomic E-state index is 13.9. The lowest BCUT2D eigenvalue weighted by atomic mass is 10.0. The molecule has 0 saturated heterocycles. The molecular weight excluding hydrogens is 588 g/mol. The Balaban J connectivity index is 1.72. The average Bonchev–Trinajstić information content (AvgIpc) is 3.60. The Morgan fingerprint density at radius 2 is 1.95 bits per heavy atom. The van der Waals surface area contributed by atoms with E-state index in [2.05, 4.69) is 11.6 Å². The number of rotatable bonds is 14. The van der Waals surface area contributed by atoms with Crippen molar-refractivity contribution in [3.63, 3.8) is 0 Å². The summed E-state index contributed by atoms with van der Waals surface area (Å²) in [6.07, 6.45) is 2.13. The van der Waals surface area contributed by atoms with Crippen molar-refractivity contribution in [3.05, 3.63) is 71.3 Å². The highest BCUT2D eigenvalue weighted by Gasteiger charge is 2.34. The first-order valence-corrected chi connectivity index (χ1v) is 15.4. The van der Waals surface area contributed by atoms with E-state index in [4.69, 9.17) is 33.3 Å². The highest BCUT2D eigenvalue weighted by molar-refractivity contribution is 7.58. The molecule has 13 nitrogen and oxygen atoms in total. The molecule has 0 aliphatic carbocycles. The van der Waals surface area contributed by atoms with Crippen LogP contribution in [0.5, 0.6) is 5.75 Å². The number of methoxy groups -OCH3 is 3. The van der Waals surface area contributed by atoms with Crippen LogP contribution in [0.3, 0.4) is 0 Å². The second-order valence-corrected chi connectivity index (χ2v) is 11.4. The third kappa shape index (κ3) is 6.70. The van der Waals surface area contributed by atoms with Crippen LogP contribution in [0.1, 0.15) is 27.3 Å². The van der Waals surface area contributed by atoms with Crippen LogP contribution >= 0.6 is 16.4 Å². The molecular formula is C27H33N3O10P2. The lowest BCUT2D eigenvalue weighted by Crippen LogP contribution is -2.29. The highest BCUT2D eigenvalue weighted by atomic mass is 31.3. The number of nitrogens with two attached hydrogens (primary N) is 1. The Hall–Kier alpha value is -3.25. The van der Waals surface area contributed by atoms with Gasteiger partial charge in [0.05, 0.1) is 32.2 Å². The van der Waals surface area contributed by atoms with Gasteiger partial charge in [-0.1, -0.05) is 36.9 Å². The van der Waals surface area contributed by atoms with Crippen LogP contribution in [0.15, 0.2) is 48.7 Å². The fraction of sp³-hybridized carbons (Fsp3) is 0.296. The minimum absolute atomic E-state index is 0.00929. The van der Waals surface area contributed by atoms with Gasteiger partial charge < -0.3 is 43.8 Å². The minimum Gasteiger partial charge on any atom is -0.495 e. The molecule has 2 aromatic carbocycles. The fourth-order valence-corrected chi connectivity index (χ4v) is 6.38. The van der Waals surface area contributed by atoms with Crippen LogP contribution in [-0.2, 0) is 34.0 Å². The lowest BCUT2D eigenvalue weighted by Gasteiger charge is -2.20. The van der Waals surface area contributed by atoms with Gasteiger partial charge in [-0.25, -0.2) is 8.88 Å². The molecule has 0 spiro atoms. The number of phosphoric ester groups is 1. The highest BCUT2D eigenvalue weighted by Crippen LogP contribution is 2.57. The van der Waals surface area contributed by atoms with Crippen LogP contribution in [-0.4, -0.2) is 68.3 Å². The van der Waals surface area contributed by atoms with E-state index >= 15 is 0 Å². The fourth-order valence-electron chi connectivity index (χ4n) is 4.69. The predicted octanol–water partition coefficient (Wildman–Crippen LogP) is 4.31. The number of ether oxygens (including phenoxy) is 3. The van der Waals surface area contributed by atoms with Gasteiger partial charge in [-0.15, -0.1) is 0 Å². The molecule has 0 fully saturated rings. The van der Waals surface area contributed by atoms with Crippen molar-refractivity contribution in [2.75, 3.05) is 52.5 Å². The Morgan fingerprint density at radius 3 is 2.60 bits per heavy atom. The molecule has 15 heteroatoms. The van der Waals surface area contributed by atoms with Crippen LogP contribution in [0, 0.1) is 0 Å². The second kappa shape index (κ2) is 13.8. The smallest absolute Gasteiger partial charge is 0.495 e. The monoisotopic (exact) mass is 621 g/mol. The molecule has 2 unspecified atom stereocenters. The Bertz CT molecular complexity index is 1540. The number of H-pyrrole nitrogens is 1. The standard InChI is InChI=1S/C27H33N3O10P2/c1-5-17-14-21(29-25(17)26(37-4)24(36-3)16-35-2)27(31)30-12-10-19-18-8-6-7-9-20(18)23(15-22(19)30)39-42(33,34)40-41(32)38-13-11-28/h5-9,14-15,29,32H,1,10-13,16,28H2,2-4H3,(H,33,34)/b26-24-. The number of hydrogen-bond acceptors (Lipinski definition) is 10. The van der Waals surface area contributed by atoms with Crippen LogP contribution in [0.2, 0.25) is 0 Å². The molecule has 1 aromatic heterocycles. The van der Waals surface area contributed by atoms with Crippen molar-refractivity contribution < 1.29 is 46.7 Å². The molecule has 2 atom stereocenters. The molecule has 1 aliphatic rings. The summed E-state index contributed by atoms with van der Waals surface area (Å²) in [6.45, 7) is 4.36. The van der Waals surface area contributed by atoms with Gasteiger partial charge in [0.2, 0.25) is 0 Å². The van der Waals surface area contributed by atoms with Gasteiger partial charge in [0.25, 0.3) is 5.91 Å². The lowest BCUT2D eigenvalue weighted by molar-refractivity contribution is 0.0985. The summed E-state index contributed by atoms with van der Waals surface area (Å²) in [6, 6.07) is 10.3. The first-order valence-electron chi connectivity index (χ1n) is 12.7. The normalized spacial score (nSPS) is 15.5. The van der Waals surface area contributed by atoms with E-state index in [1.807, 2.05) is 12.1 Å². The van der Waals surface area contributed by atoms with Crippen molar-refractivity contribution in [3.8, 4) is 5.75 Å². The topological polar surface area (TPSA) is 175 Å². The zero-order valence-corrected chi connectivity index (χ0v) is 25.2. The quantitative estimate of drug-likeness (QED) is 0.149. The minimum atomic E-state index is -4.83. The van der Waals surface area contributed by atoms with Gasteiger partial charge in [0.1, 0.15) is 18.1 Å². The Kier molecular flexibility index (Phi) is 10.4. The molecule has 0 saturated carbocycles. The number of benzene rings is 2. The van der Waals surface area contributed by atoms with Gasteiger partial charge in [-0.3, -0.25) is 9.69 Å². The van der Waals surface area contributed by atoms with E-state index in [1.54, 1.807) is 29.2 Å². The van der Waals surface area contributed by atoms with Crippen molar-refractivity contribution >= 4 is 50.6 Å². The van der Waals surface area contributed by atoms with Gasteiger partial charge in [0.15, 0.2) is 11.5 Å². The molecule has 1 aliphatic heterocycles. The van der Waals surface area contributed by atoms with Crippen LogP contribution in [0.4, 0.5) is 5.69 Å². The molecule has 2 heterocycles. The number of nitrogens with one attached hydrogen (secondary N) is 1. The van der Waals surface area contributed by atoms with Gasteiger partial charge in [-0.2, -0.15) is 0 Å². The molecule has 0 radical (unpaired) electrons. The van der Waals surface area contributed by atoms with Crippen molar-refractivity contribution in [2.24, 2.45) is 5.73 Å². The molecule has 5 N–H and O–H groups in total. The number of aromatic nitrogens is 1. The first kappa shape index (κ1) is 31.7. The molecule has 3 aromatic rings. The largest absolute Gasteiger partial charge is 0.534 e. The summed E-state index contributed by atoms with van der Waals surface area (Å²) in [4.78, 5) is 38.8. The summed E-state index contributed by atoms with van der Waals surface area (Å²) >= 11 is 0. The number of anilines is 1. The first-order chi connectivity index (χ1) is 20.2. The predicted molar refractivity (Wildman–Crippen MR) is 159 cm³/mol. The van der Waals surface area contributed by atoms with Crippen LogP contribution in [0.25, 0.3) is 22.6 Å². The third-order valence-electron chi connectivity index (χ3n) is 6.43. The molecule has 1 amide bonds. The maximum Gasteiger partial charge on any atom is 0.534 e. The number of carbonyl (C=O) groups excluding carboxylic acids is 1. The SMILES string of the molecule is C=Cc1cc(C(=O)N2CCc3c2cc(OP(=O)(O)OP(O)OCCN)c2ccccc32)[nH]c1/C(OC)=C(\COC)OC. The van der Waals surface area contributed by atoms with Crippen molar-refractivity contribution in [1.82, 2.24) is 4.98 Å². The average molecular weight is 622 g/mol. The Morgan fingerprint density at radius 1 is 1.21 bits per heavy atom.